The molecule has 0 aliphatic carbocycles. The Labute approximate surface area is 141 Å². The van der Waals surface area contributed by atoms with Crippen molar-refractivity contribution in [2.75, 3.05) is 26.8 Å². The summed E-state index contributed by atoms with van der Waals surface area (Å²) >= 11 is 0. The van der Waals surface area contributed by atoms with Crippen LogP contribution in [0.4, 0.5) is 0 Å². The molecule has 3 aromatic rings. The first-order chi connectivity index (χ1) is 11.7. The molecule has 0 aromatic carbocycles. The molecule has 0 bridgehead atoms. The lowest BCUT2D eigenvalue weighted by Crippen LogP contribution is -2.22. The van der Waals surface area contributed by atoms with Crippen molar-refractivity contribution in [2.24, 2.45) is 13.0 Å². The molecule has 2 atom stereocenters. The number of likely N-dealkylation sites (tertiary alicyclic amines) is 1. The fraction of sp³-hybridized carbons (Fsp3) is 0.444. The maximum Gasteiger partial charge on any atom is 0.136 e. The molecule has 4 heterocycles. The monoisotopic (exact) mass is 325 g/mol. The van der Waals surface area contributed by atoms with Crippen LogP contribution in [0.25, 0.3) is 5.65 Å². The highest BCUT2D eigenvalue weighted by atomic mass is 16.5. The SMILES string of the molecule is COC[C@@H]1CN(Cc2cccc3nccn23)C[C@H]1c1cnn(C)c1. The molecule has 6 nitrogen and oxygen atoms in total. The van der Waals surface area contributed by atoms with Gasteiger partial charge in [-0.15, -0.1) is 0 Å². The van der Waals surface area contributed by atoms with Gasteiger partial charge in [-0.25, -0.2) is 4.98 Å². The highest BCUT2D eigenvalue weighted by Crippen LogP contribution is 2.33. The molecular weight excluding hydrogens is 302 g/mol. The van der Waals surface area contributed by atoms with E-state index in [0.717, 1.165) is 31.9 Å². The van der Waals surface area contributed by atoms with Crippen molar-refractivity contribution in [3.8, 4) is 0 Å². The summed E-state index contributed by atoms with van der Waals surface area (Å²) in [6, 6.07) is 6.30. The Balaban J connectivity index is 1.55. The van der Waals surface area contributed by atoms with Crippen LogP contribution >= 0.6 is 0 Å². The molecule has 0 N–H and O–H groups in total. The zero-order valence-corrected chi connectivity index (χ0v) is 14.2. The van der Waals surface area contributed by atoms with Gasteiger partial charge in [0.15, 0.2) is 0 Å². The molecule has 24 heavy (non-hydrogen) atoms. The zero-order valence-electron chi connectivity index (χ0n) is 14.2. The van der Waals surface area contributed by atoms with E-state index in [1.165, 1.54) is 11.3 Å². The number of nitrogens with zero attached hydrogens (tertiary/aromatic N) is 5. The molecule has 0 saturated carbocycles. The Hall–Kier alpha value is -2.18. The molecule has 6 heteroatoms. The van der Waals surface area contributed by atoms with Crippen LogP contribution in [0, 0.1) is 5.92 Å². The summed E-state index contributed by atoms with van der Waals surface area (Å²) in [5.74, 6) is 0.974. The van der Waals surface area contributed by atoms with Crippen molar-refractivity contribution in [2.45, 2.75) is 12.5 Å². The van der Waals surface area contributed by atoms with Crippen molar-refractivity contribution in [3.05, 3.63) is 54.2 Å². The lowest BCUT2D eigenvalue weighted by Gasteiger charge is -2.16. The first-order valence-corrected chi connectivity index (χ1v) is 8.35. The Bertz CT molecular complexity index is 824. The van der Waals surface area contributed by atoms with Gasteiger partial charge < -0.3 is 9.14 Å². The van der Waals surface area contributed by atoms with Gasteiger partial charge in [-0.05, 0) is 17.7 Å². The molecule has 3 aromatic heterocycles. The van der Waals surface area contributed by atoms with Crippen LogP contribution in [-0.4, -0.2) is 50.9 Å². The normalized spacial score (nSPS) is 21.8. The number of imidazole rings is 1. The molecule has 0 spiro atoms. The number of aromatic nitrogens is 4. The third-order valence-corrected chi connectivity index (χ3v) is 4.95. The van der Waals surface area contributed by atoms with E-state index in [4.69, 9.17) is 4.74 Å². The summed E-state index contributed by atoms with van der Waals surface area (Å²) in [6.45, 7) is 3.78. The maximum absolute atomic E-state index is 5.47. The van der Waals surface area contributed by atoms with Crippen LogP contribution in [0.5, 0.6) is 0 Å². The second-order valence-electron chi connectivity index (χ2n) is 6.64. The van der Waals surface area contributed by atoms with E-state index >= 15 is 0 Å². The van der Waals surface area contributed by atoms with Gasteiger partial charge in [0.25, 0.3) is 0 Å². The minimum atomic E-state index is 0.473. The van der Waals surface area contributed by atoms with E-state index in [1.807, 2.05) is 36.4 Å². The zero-order chi connectivity index (χ0) is 16.5. The Kier molecular flexibility index (Phi) is 4.08. The lowest BCUT2D eigenvalue weighted by atomic mass is 9.92. The van der Waals surface area contributed by atoms with Crippen LogP contribution in [-0.2, 0) is 18.3 Å². The van der Waals surface area contributed by atoms with E-state index in [-0.39, 0.29) is 0 Å². The molecule has 0 unspecified atom stereocenters. The van der Waals surface area contributed by atoms with Crippen molar-refractivity contribution in [1.29, 1.82) is 0 Å². The van der Waals surface area contributed by atoms with Crippen LogP contribution < -0.4 is 0 Å². The number of fused-ring (bicyclic) bond motifs is 1. The van der Waals surface area contributed by atoms with Gasteiger partial charge in [0, 0.05) is 69.9 Å². The fourth-order valence-corrected chi connectivity index (χ4v) is 3.85. The topological polar surface area (TPSA) is 47.6 Å². The van der Waals surface area contributed by atoms with E-state index in [0.29, 0.717) is 11.8 Å². The van der Waals surface area contributed by atoms with Gasteiger partial charge in [0.05, 0.1) is 12.8 Å². The molecular formula is C18H23N5O. The second kappa shape index (κ2) is 6.37. The first kappa shape index (κ1) is 15.4. The molecule has 1 saturated heterocycles. The molecule has 126 valence electrons. The quantitative estimate of drug-likeness (QED) is 0.719. The number of methoxy groups -OCH3 is 1. The van der Waals surface area contributed by atoms with Gasteiger partial charge in [0.1, 0.15) is 5.65 Å². The van der Waals surface area contributed by atoms with E-state index in [9.17, 15) is 0 Å². The van der Waals surface area contributed by atoms with Gasteiger partial charge in [-0.1, -0.05) is 6.07 Å². The summed E-state index contributed by atoms with van der Waals surface area (Å²) in [4.78, 5) is 6.89. The van der Waals surface area contributed by atoms with E-state index in [1.54, 1.807) is 7.11 Å². The third kappa shape index (κ3) is 2.83. The van der Waals surface area contributed by atoms with E-state index < -0.39 is 0 Å². The van der Waals surface area contributed by atoms with Crippen molar-refractivity contribution >= 4 is 5.65 Å². The number of ether oxygens (including phenoxy) is 1. The smallest absolute Gasteiger partial charge is 0.136 e. The van der Waals surface area contributed by atoms with Gasteiger partial charge >= 0.3 is 0 Å². The number of hydrogen-bond donors (Lipinski definition) is 0. The van der Waals surface area contributed by atoms with Gasteiger partial charge in [-0.2, -0.15) is 5.10 Å². The minimum Gasteiger partial charge on any atom is -0.384 e. The second-order valence-corrected chi connectivity index (χ2v) is 6.64. The van der Waals surface area contributed by atoms with Crippen molar-refractivity contribution in [3.63, 3.8) is 0 Å². The highest BCUT2D eigenvalue weighted by molar-refractivity contribution is 5.39. The van der Waals surface area contributed by atoms with Crippen molar-refractivity contribution in [1.82, 2.24) is 24.1 Å². The lowest BCUT2D eigenvalue weighted by molar-refractivity contribution is 0.147. The molecule has 4 rings (SSSR count). The first-order valence-electron chi connectivity index (χ1n) is 8.35. The molecule has 0 amide bonds. The van der Waals surface area contributed by atoms with Crippen LogP contribution in [0.1, 0.15) is 17.2 Å². The Morgan fingerprint density at radius 3 is 3.00 bits per heavy atom. The summed E-state index contributed by atoms with van der Waals surface area (Å²) < 4.78 is 9.52. The van der Waals surface area contributed by atoms with Gasteiger partial charge in [-0.3, -0.25) is 9.58 Å². The number of pyridine rings is 1. The van der Waals surface area contributed by atoms with Crippen LogP contribution in [0.2, 0.25) is 0 Å². The highest BCUT2D eigenvalue weighted by Gasteiger charge is 2.34. The molecule has 1 fully saturated rings. The van der Waals surface area contributed by atoms with Crippen molar-refractivity contribution < 1.29 is 4.74 Å². The summed E-state index contributed by atoms with van der Waals surface area (Å²) in [5, 5.41) is 4.34. The molecule has 0 radical (unpaired) electrons. The average Bonchev–Trinajstić information content (AvgIpc) is 3.28. The van der Waals surface area contributed by atoms with E-state index in [2.05, 4.69) is 37.7 Å². The summed E-state index contributed by atoms with van der Waals surface area (Å²) in [7, 11) is 3.76. The Morgan fingerprint density at radius 1 is 1.29 bits per heavy atom. The predicted molar refractivity (Wildman–Crippen MR) is 91.8 cm³/mol. The van der Waals surface area contributed by atoms with Gasteiger partial charge in [0.2, 0.25) is 0 Å². The fourth-order valence-electron chi connectivity index (χ4n) is 3.85. The number of aryl methyl sites for hydroxylation is 1. The third-order valence-electron chi connectivity index (χ3n) is 4.95. The predicted octanol–water partition coefficient (Wildman–Crippen LogP) is 1.93. The van der Waals surface area contributed by atoms with Crippen LogP contribution in [0.15, 0.2) is 43.0 Å². The number of hydrogen-bond acceptors (Lipinski definition) is 4. The maximum atomic E-state index is 5.47. The standard InChI is InChI=1S/C18H23N5O/c1-21-9-14(8-20-21)17-12-22(10-15(17)13-24-2)11-16-4-3-5-18-19-6-7-23(16)18/h3-9,15,17H,10-13H2,1-2H3/t15-,17-/m0/s1. The Morgan fingerprint density at radius 2 is 2.21 bits per heavy atom. The summed E-state index contributed by atoms with van der Waals surface area (Å²) in [5.41, 5.74) is 3.58. The molecule has 1 aliphatic rings. The largest absolute Gasteiger partial charge is 0.384 e. The minimum absolute atomic E-state index is 0.473. The molecule has 1 aliphatic heterocycles. The summed E-state index contributed by atoms with van der Waals surface area (Å²) in [6.07, 6.45) is 8.02. The van der Waals surface area contributed by atoms with Crippen LogP contribution in [0.3, 0.4) is 0 Å². The number of rotatable bonds is 5. The average molecular weight is 325 g/mol.